The number of rotatable bonds is 13. The van der Waals surface area contributed by atoms with E-state index in [0.717, 1.165) is 64.2 Å². The molecule has 0 amide bonds. The maximum atomic E-state index is 10.5. The van der Waals surface area contributed by atoms with E-state index in [2.05, 4.69) is 13.0 Å². The van der Waals surface area contributed by atoms with Crippen molar-refractivity contribution in [2.24, 2.45) is 11.8 Å². The summed E-state index contributed by atoms with van der Waals surface area (Å²) in [6.45, 7) is 2.16. The van der Waals surface area contributed by atoms with Crippen LogP contribution in [0, 0.1) is 11.8 Å². The summed E-state index contributed by atoms with van der Waals surface area (Å²) < 4.78 is 0. The molecule has 24 heavy (non-hydrogen) atoms. The minimum absolute atomic E-state index is 0.226. The lowest BCUT2D eigenvalue weighted by Gasteiger charge is -2.20. The molecule has 1 fully saturated rings. The van der Waals surface area contributed by atoms with Crippen molar-refractivity contribution in [3.63, 3.8) is 0 Å². The summed E-state index contributed by atoms with van der Waals surface area (Å²) in [5.41, 5.74) is 0. The molecule has 1 rings (SSSR count). The molecular formula is C20H36O4. The zero-order valence-electron chi connectivity index (χ0n) is 15.2. The summed E-state index contributed by atoms with van der Waals surface area (Å²) in [6, 6.07) is 0. The fourth-order valence-electron chi connectivity index (χ4n) is 3.70. The fraction of sp³-hybridized carbons (Fsp3) is 0.850. The van der Waals surface area contributed by atoms with Crippen LogP contribution >= 0.6 is 0 Å². The number of aliphatic hydroxyl groups excluding tert-OH is 2. The summed E-state index contributed by atoms with van der Waals surface area (Å²) in [4.78, 5) is 10.5. The summed E-state index contributed by atoms with van der Waals surface area (Å²) in [5.74, 6) is -0.0488. The van der Waals surface area contributed by atoms with E-state index in [-0.39, 0.29) is 18.6 Å². The zero-order chi connectivity index (χ0) is 17.8. The second-order valence-electron chi connectivity index (χ2n) is 7.27. The van der Waals surface area contributed by atoms with Crippen LogP contribution in [0.5, 0.6) is 0 Å². The minimum Gasteiger partial charge on any atom is -0.481 e. The number of carboxylic acids is 1. The lowest BCUT2D eigenvalue weighted by molar-refractivity contribution is -0.137. The molecule has 0 spiro atoms. The monoisotopic (exact) mass is 340 g/mol. The van der Waals surface area contributed by atoms with Gasteiger partial charge in [0.15, 0.2) is 0 Å². The maximum Gasteiger partial charge on any atom is 0.303 e. The van der Waals surface area contributed by atoms with E-state index in [0.29, 0.717) is 11.8 Å². The van der Waals surface area contributed by atoms with Gasteiger partial charge < -0.3 is 15.3 Å². The van der Waals surface area contributed by atoms with E-state index in [4.69, 9.17) is 5.11 Å². The first kappa shape index (κ1) is 21.2. The number of aliphatic hydroxyl groups is 2. The number of carbonyl (C=O) groups is 1. The molecule has 0 heterocycles. The summed E-state index contributed by atoms with van der Waals surface area (Å²) in [7, 11) is 0. The molecule has 4 unspecified atom stereocenters. The van der Waals surface area contributed by atoms with Gasteiger partial charge in [0.2, 0.25) is 0 Å². The van der Waals surface area contributed by atoms with Crippen molar-refractivity contribution < 1.29 is 20.1 Å². The summed E-state index contributed by atoms with van der Waals surface area (Å²) >= 11 is 0. The molecule has 3 N–H and O–H groups in total. The van der Waals surface area contributed by atoms with E-state index in [9.17, 15) is 15.0 Å². The second-order valence-corrected chi connectivity index (χ2v) is 7.27. The van der Waals surface area contributed by atoms with E-state index in [1.165, 1.54) is 6.42 Å². The van der Waals surface area contributed by atoms with Gasteiger partial charge >= 0.3 is 5.97 Å². The first-order valence-corrected chi connectivity index (χ1v) is 9.80. The molecule has 1 saturated carbocycles. The molecule has 0 aromatic heterocycles. The second kappa shape index (κ2) is 12.5. The van der Waals surface area contributed by atoms with Crippen molar-refractivity contribution in [2.75, 3.05) is 0 Å². The van der Waals surface area contributed by atoms with Gasteiger partial charge in [-0.05, 0) is 43.9 Å². The van der Waals surface area contributed by atoms with Crippen molar-refractivity contribution in [2.45, 2.75) is 96.2 Å². The molecule has 0 bridgehead atoms. The lowest BCUT2D eigenvalue weighted by Crippen LogP contribution is -2.18. The molecule has 4 heteroatoms. The van der Waals surface area contributed by atoms with Crippen LogP contribution in [0.3, 0.4) is 0 Å². The predicted molar refractivity (Wildman–Crippen MR) is 96.8 cm³/mol. The van der Waals surface area contributed by atoms with Crippen molar-refractivity contribution in [1.29, 1.82) is 0 Å². The maximum absolute atomic E-state index is 10.5. The molecule has 1 aliphatic rings. The van der Waals surface area contributed by atoms with Gasteiger partial charge in [0.05, 0.1) is 12.2 Å². The van der Waals surface area contributed by atoms with Gasteiger partial charge in [-0.1, -0.05) is 57.6 Å². The third-order valence-electron chi connectivity index (χ3n) is 5.20. The number of aliphatic carboxylic acids is 1. The Bertz CT molecular complexity index is 367. The zero-order valence-corrected chi connectivity index (χ0v) is 15.2. The van der Waals surface area contributed by atoms with Crippen LogP contribution in [0.25, 0.3) is 0 Å². The molecule has 0 saturated heterocycles. The SMILES string of the molecule is CCCCCC(O)C=CC1CCC(O)C1CCCCCCC(=O)O. The van der Waals surface area contributed by atoms with Crippen LogP contribution < -0.4 is 0 Å². The quantitative estimate of drug-likeness (QED) is 0.345. The van der Waals surface area contributed by atoms with Crippen molar-refractivity contribution in [3.05, 3.63) is 12.2 Å². The van der Waals surface area contributed by atoms with Crippen LogP contribution in [0.1, 0.15) is 84.0 Å². The highest BCUT2D eigenvalue weighted by molar-refractivity contribution is 5.66. The topological polar surface area (TPSA) is 77.8 Å². The van der Waals surface area contributed by atoms with Crippen LogP contribution in [-0.2, 0) is 4.79 Å². The van der Waals surface area contributed by atoms with E-state index < -0.39 is 5.97 Å². The van der Waals surface area contributed by atoms with Gasteiger partial charge in [0.1, 0.15) is 0 Å². The van der Waals surface area contributed by atoms with Gasteiger partial charge in [-0.2, -0.15) is 0 Å². The molecule has 0 radical (unpaired) electrons. The Hall–Kier alpha value is -0.870. The van der Waals surface area contributed by atoms with Gasteiger partial charge in [-0.15, -0.1) is 0 Å². The first-order chi connectivity index (χ1) is 11.5. The van der Waals surface area contributed by atoms with Crippen molar-refractivity contribution in [3.8, 4) is 0 Å². The molecule has 0 aromatic carbocycles. The first-order valence-electron chi connectivity index (χ1n) is 9.80. The average Bonchev–Trinajstić information content (AvgIpc) is 2.89. The normalized spacial score (nSPS) is 25.4. The number of unbranched alkanes of at least 4 members (excludes halogenated alkanes) is 5. The number of allylic oxidation sites excluding steroid dienone is 1. The Morgan fingerprint density at radius 1 is 1.12 bits per heavy atom. The van der Waals surface area contributed by atoms with Crippen LogP contribution in [0.15, 0.2) is 12.2 Å². The minimum atomic E-state index is -0.719. The van der Waals surface area contributed by atoms with E-state index in [1.54, 1.807) is 0 Å². The smallest absolute Gasteiger partial charge is 0.303 e. The third-order valence-corrected chi connectivity index (χ3v) is 5.20. The van der Waals surface area contributed by atoms with Gasteiger partial charge in [0.25, 0.3) is 0 Å². The number of hydrogen-bond donors (Lipinski definition) is 3. The molecule has 0 aliphatic heterocycles. The largest absolute Gasteiger partial charge is 0.481 e. The van der Waals surface area contributed by atoms with E-state index >= 15 is 0 Å². The molecule has 0 aromatic rings. The average molecular weight is 341 g/mol. The highest BCUT2D eigenvalue weighted by Crippen LogP contribution is 2.36. The van der Waals surface area contributed by atoms with Crippen LogP contribution in [-0.4, -0.2) is 33.5 Å². The van der Waals surface area contributed by atoms with Crippen LogP contribution in [0.2, 0.25) is 0 Å². The van der Waals surface area contributed by atoms with Gasteiger partial charge in [0, 0.05) is 6.42 Å². The Morgan fingerprint density at radius 3 is 2.58 bits per heavy atom. The predicted octanol–water partition coefficient (Wildman–Crippen LogP) is 4.30. The lowest BCUT2D eigenvalue weighted by atomic mass is 9.88. The Labute approximate surface area is 147 Å². The Kier molecular flexibility index (Phi) is 11.0. The third kappa shape index (κ3) is 8.84. The molecule has 1 aliphatic carbocycles. The van der Waals surface area contributed by atoms with Crippen LogP contribution in [0.4, 0.5) is 0 Å². The van der Waals surface area contributed by atoms with Crippen molar-refractivity contribution >= 4 is 5.97 Å². The Balaban J connectivity index is 2.27. The van der Waals surface area contributed by atoms with Gasteiger partial charge in [-0.25, -0.2) is 0 Å². The molecular weight excluding hydrogens is 304 g/mol. The van der Waals surface area contributed by atoms with E-state index in [1.807, 2.05) is 6.08 Å². The number of carboxylic acid groups (broad SMARTS) is 1. The molecule has 4 atom stereocenters. The summed E-state index contributed by atoms with van der Waals surface area (Å²) in [6.07, 6.45) is 14.6. The fourth-order valence-corrected chi connectivity index (χ4v) is 3.70. The highest BCUT2D eigenvalue weighted by Gasteiger charge is 2.32. The number of hydrogen-bond acceptors (Lipinski definition) is 3. The molecule has 140 valence electrons. The van der Waals surface area contributed by atoms with Gasteiger partial charge in [-0.3, -0.25) is 4.79 Å². The highest BCUT2D eigenvalue weighted by atomic mass is 16.4. The summed E-state index contributed by atoms with van der Waals surface area (Å²) in [5, 5.41) is 28.8. The Morgan fingerprint density at radius 2 is 1.88 bits per heavy atom. The standard InChI is InChI=1S/C20H36O4/c1-2-3-6-9-17(21)14-12-16-13-15-19(22)18(16)10-7-4-5-8-11-20(23)24/h12,14,16-19,21-22H,2-11,13,15H2,1H3,(H,23,24). The molecule has 4 nitrogen and oxygen atoms in total. The van der Waals surface area contributed by atoms with Crippen molar-refractivity contribution in [1.82, 2.24) is 0 Å².